The number of carbonyl (C=O) groups excluding carboxylic acids is 2. The number of aliphatic hydroxyl groups is 1. The first-order valence-electron chi connectivity index (χ1n) is 17.4. The van der Waals surface area contributed by atoms with Crippen LogP contribution in [0.15, 0.2) is 96.1 Å². The molecule has 4 N–H and O–H groups in total. The highest BCUT2D eigenvalue weighted by molar-refractivity contribution is 5.71. The van der Waals surface area contributed by atoms with E-state index in [0.717, 1.165) is 16.7 Å². The Kier molecular flexibility index (Phi) is 12.3. The summed E-state index contributed by atoms with van der Waals surface area (Å²) in [5.41, 5.74) is 11.8. The van der Waals surface area contributed by atoms with Crippen molar-refractivity contribution in [2.75, 3.05) is 0 Å². The summed E-state index contributed by atoms with van der Waals surface area (Å²) in [6.07, 6.45) is -9.28. The number of ether oxygens (including phenoxy) is 5. The summed E-state index contributed by atoms with van der Waals surface area (Å²) in [7, 11) is 0. The number of alkyl carbamates (subject to hydrolysis) is 2. The van der Waals surface area contributed by atoms with Crippen LogP contribution in [0.2, 0.25) is 0 Å². The van der Waals surface area contributed by atoms with Crippen LogP contribution in [0.25, 0.3) is 10.4 Å². The van der Waals surface area contributed by atoms with Gasteiger partial charge in [0.05, 0.1) is 30.8 Å². The molecule has 16 heteroatoms. The van der Waals surface area contributed by atoms with Gasteiger partial charge >= 0.3 is 18.3 Å². The molecule has 0 spiro atoms. The summed E-state index contributed by atoms with van der Waals surface area (Å²) in [6, 6.07) is 23.8. The van der Waals surface area contributed by atoms with Gasteiger partial charge in [-0.2, -0.15) is 0 Å². The van der Waals surface area contributed by atoms with Gasteiger partial charge in [0.2, 0.25) is 0 Å². The molecule has 1 aliphatic carbocycles. The van der Waals surface area contributed by atoms with Gasteiger partial charge in [0.1, 0.15) is 31.0 Å². The molecule has 2 saturated heterocycles. The van der Waals surface area contributed by atoms with Crippen LogP contribution in [0.4, 0.5) is 14.4 Å². The summed E-state index contributed by atoms with van der Waals surface area (Å²) in [5, 5.41) is 31.3. The number of fused-ring (bicyclic) bond motifs is 1. The number of nitrogens with zero attached hydrogens (tertiary/aromatic N) is 4. The van der Waals surface area contributed by atoms with Crippen LogP contribution < -0.4 is 10.6 Å². The molecule has 280 valence electrons. The lowest BCUT2D eigenvalue weighted by Gasteiger charge is -2.47. The Morgan fingerprint density at radius 3 is 2.23 bits per heavy atom. The van der Waals surface area contributed by atoms with Crippen molar-refractivity contribution in [2.45, 2.75) is 101 Å². The first-order chi connectivity index (χ1) is 25.7. The highest BCUT2D eigenvalue weighted by Crippen LogP contribution is 2.35. The molecule has 3 aromatic carbocycles. The molecule has 10 atom stereocenters. The minimum Gasteiger partial charge on any atom is -0.465 e. The fourth-order valence-corrected chi connectivity index (χ4v) is 6.99. The van der Waals surface area contributed by atoms with E-state index in [0.29, 0.717) is 6.42 Å². The van der Waals surface area contributed by atoms with Crippen molar-refractivity contribution >= 4 is 18.3 Å². The molecule has 1 saturated carbocycles. The molecule has 0 unspecified atom stereocenters. The Labute approximate surface area is 305 Å². The van der Waals surface area contributed by atoms with Crippen molar-refractivity contribution in [1.29, 1.82) is 0 Å². The highest BCUT2D eigenvalue weighted by Gasteiger charge is 2.58. The number of hydrogen-bond acceptors (Lipinski definition) is 10. The number of azide groups is 1. The van der Waals surface area contributed by atoms with Gasteiger partial charge < -0.3 is 44.5 Å². The number of nitrogens with one attached hydrogen (secondary N) is 2. The molecule has 3 fully saturated rings. The van der Waals surface area contributed by atoms with Crippen molar-refractivity contribution in [3.05, 3.63) is 118 Å². The maximum Gasteiger partial charge on any atom is 0.408 e. The molecule has 6 rings (SSSR count). The smallest absolute Gasteiger partial charge is 0.408 e. The largest absolute Gasteiger partial charge is 0.465 e. The van der Waals surface area contributed by atoms with Crippen molar-refractivity contribution in [3.63, 3.8) is 0 Å². The third kappa shape index (κ3) is 9.17. The number of amides is 3. The third-order valence-electron chi connectivity index (χ3n) is 9.73. The quantitative estimate of drug-likeness (QED) is 0.107. The Morgan fingerprint density at radius 1 is 0.981 bits per heavy atom. The van der Waals surface area contributed by atoms with Crippen LogP contribution in [0.3, 0.4) is 0 Å². The number of carbonyl (C=O) groups is 3. The third-order valence-corrected chi connectivity index (χ3v) is 9.73. The lowest BCUT2D eigenvalue weighted by atomic mass is 9.81. The van der Waals surface area contributed by atoms with E-state index >= 15 is 0 Å². The molecular weight excluding hydrogens is 688 g/mol. The van der Waals surface area contributed by atoms with Crippen molar-refractivity contribution in [2.24, 2.45) is 5.11 Å². The summed E-state index contributed by atoms with van der Waals surface area (Å²) in [6.45, 7) is 1.83. The molecule has 2 aliphatic heterocycles. The van der Waals surface area contributed by atoms with Gasteiger partial charge in [0.15, 0.2) is 12.4 Å². The zero-order chi connectivity index (χ0) is 37.3. The lowest BCUT2D eigenvalue weighted by Crippen LogP contribution is -2.71. The zero-order valence-electron chi connectivity index (χ0n) is 28.9. The number of rotatable bonds is 13. The van der Waals surface area contributed by atoms with Crippen LogP contribution in [-0.2, 0) is 43.4 Å². The molecule has 0 radical (unpaired) electrons. The van der Waals surface area contributed by atoms with Gasteiger partial charge in [0.25, 0.3) is 0 Å². The Bertz CT molecular complexity index is 1730. The monoisotopic (exact) mass is 730 g/mol. The van der Waals surface area contributed by atoms with Crippen LogP contribution in [0, 0.1) is 0 Å². The minimum absolute atomic E-state index is 0.0533. The first kappa shape index (κ1) is 37.4. The summed E-state index contributed by atoms with van der Waals surface area (Å²) in [5.74, 6) is 0. The summed E-state index contributed by atoms with van der Waals surface area (Å²) in [4.78, 5) is 42.7. The molecule has 53 heavy (non-hydrogen) atoms. The van der Waals surface area contributed by atoms with Gasteiger partial charge in [-0.3, -0.25) is 4.90 Å². The lowest BCUT2D eigenvalue weighted by molar-refractivity contribution is -0.268. The van der Waals surface area contributed by atoms with E-state index < -0.39 is 79.3 Å². The van der Waals surface area contributed by atoms with Crippen LogP contribution in [0.1, 0.15) is 36.5 Å². The van der Waals surface area contributed by atoms with Gasteiger partial charge in [-0.15, -0.1) is 0 Å². The Morgan fingerprint density at radius 2 is 1.60 bits per heavy atom. The first-order valence-corrected chi connectivity index (χ1v) is 17.4. The van der Waals surface area contributed by atoms with Crippen molar-refractivity contribution in [1.82, 2.24) is 15.5 Å². The highest BCUT2D eigenvalue weighted by atomic mass is 16.7. The number of carboxylic acid groups (broad SMARTS) is 1. The second-order valence-corrected chi connectivity index (χ2v) is 13.2. The second kappa shape index (κ2) is 17.4. The van der Waals surface area contributed by atoms with Gasteiger partial charge in [-0.05, 0) is 42.0 Å². The Balaban J connectivity index is 1.28. The normalized spacial score (nSPS) is 28.3. The number of benzene rings is 3. The van der Waals surface area contributed by atoms with Gasteiger partial charge in [-0.1, -0.05) is 96.1 Å². The molecule has 3 amide bonds. The van der Waals surface area contributed by atoms with E-state index in [2.05, 4.69) is 20.7 Å². The van der Waals surface area contributed by atoms with Gasteiger partial charge in [-0.25, -0.2) is 14.4 Å². The van der Waals surface area contributed by atoms with E-state index in [1.54, 1.807) is 19.1 Å². The molecule has 3 aromatic rings. The topological polar surface area (TPSA) is 214 Å². The van der Waals surface area contributed by atoms with Crippen molar-refractivity contribution < 1.29 is 48.3 Å². The summed E-state index contributed by atoms with van der Waals surface area (Å²) < 4.78 is 30.2. The predicted molar refractivity (Wildman–Crippen MR) is 187 cm³/mol. The number of hydrogen-bond donors (Lipinski definition) is 4. The van der Waals surface area contributed by atoms with E-state index in [9.17, 15) is 30.1 Å². The average molecular weight is 731 g/mol. The number of aliphatic hydroxyl groups excluding tert-OH is 1. The minimum atomic E-state index is -1.53. The van der Waals surface area contributed by atoms with E-state index in [4.69, 9.17) is 23.7 Å². The van der Waals surface area contributed by atoms with Crippen LogP contribution >= 0.6 is 0 Å². The maximum atomic E-state index is 13.4. The van der Waals surface area contributed by atoms with E-state index in [1.165, 1.54) is 4.90 Å². The van der Waals surface area contributed by atoms with Gasteiger partial charge in [0, 0.05) is 11.5 Å². The van der Waals surface area contributed by atoms with E-state index in [-0.39, 0.29) is 26.2 Å². The standard InChI is InChI=1S/C37H42N6O10/c1-22(43(37(47)48)19-23-11-5-2-6-12-23)27-18-17-26(41-42-38)34(51-27)52-32-28(39-35(45)50-21-25-15-9-4-10-16-25)31(49-20-24-13-7-3-8-14-24)29-33(30(32)44)53-36(46)40-29/h2-16,22,26-34,44H,17-21H2,1H3,(H,39,45)(H,40,46)(H,47,48)/t22-,26+,27-,28-,29+,30-,31-,32+,33-,34+/m0/s1. The second-order valence-electron chi connectivity index (χ2n) is 13.2. The Hall–Kier alpha value is -5.38. The zero-order valence-corrected chi connectivity index (χ0v) is 28.9. The predicted octanol–water partition coefficient (Wildman–Crippen LogP) is 4.86. The fraction of sp³-hybridized carbons (Fsp3) is 0.432. The van der Waals surface area contributed by atoms with Crippen LogP contribution in [-0.4, -0.2) is 94.4 Å². The molecule has 3 aliphatic rings. The maximum absolute atomic E-state index is 13.4. The van der Waals surface area contributed by atoms with Crippen molar-refractivity contribution in [3.8, 4) is 0 Å². The van der Waals surface area contributed by atoms with E-state index in [1.807, 2.05) is 78.9 Å². The fourth-order valence-electron chi connectivity index (χ4n) is 6.99. The molecule has 0 bridgehead atoms. The molecule has 0 aromatic heterocycles. The SMILES string of the molecule is C[C@@H]([C@@H]1CC[C@@H](N=[N+]=[N-])[C@@H](O[C@H]2[C@H](O)[C@H]3OC(=O)N[C@@H]3[C@@H](OCc3ccccc3)[C@@H]2NC(=O)OCc2ccccc2)O1)N(Cc1ccccc1)C(=O)O. The molecule has 2 heterocycles. The molecular formula is C37H42N6O10. The summed E-state index contributed by atoms with van der Waals surface area (Å²) >= 11 is 0. The molecule has 16 nitrogen and oxygen atoms in total. The van der Waals surface area contributed by atoms with Crippen LogP contribution in [0.5, 0.6) is 0 Å². The average Bonchev–Trinajstić information content (AvgIpc) is 3.57.